The Bertz CT molecular complexity index is 629. The number of methoxy groups -OCH3 is 1. The van der Waals surface area contributed by atoms with Gasteiger partial charge in [-0.15, -0.1) is 24.0 Å². The van der Waals surface area contributed by atoms with Gasteiger partial charge in [-0.05, 0) is 71.1 Å². The van der Waals surface area contributed by atoms with Gasteiger partial charge < -0.3 is 29.9 Å². The molecule has 0 saturated carbocycles. The van der Waals surface area contributed by atoms with Crippen LogP contribution in [-0.4, -0.2) is 88.4 Å². The molecule has 0 aliphatic carbocycles. The van der Waals surface area contributed by atoms with Crippen molar-refractivity contribution in [3.8, 4) is 5.75 Å². The summed E-state index contributed by atoms with van der Waals surface area (Å²) in [7, 11) is 3.80. The van der Waals surface area contributed by atoms with E-state index in [1.165, 1.54) is 6.42 Å². The van der Waals surface area contributed by atoms with E-state index in [9.17, 15) is 0 Å². The fourth-order valence-electron chi connectivity index (χ4n) is 3.37. The van der Waals surface area contributed by atoms with Crippen molar-refractivity contribution < 1.29 is 9.47 Å². The topological polar surface area (TPSA) is 61.4 Å². The number of halogens is 1. The van der Waals surface area contributed by atoms with Crippen molar-refractivity contribution >= 4 is 29.9 Å². The highest BCUT2D eigenvalue weighted by atomic mass is 127. The quantitative estimate of drug-likeness (QED) is 0.167. The van der Waals surface area contributed by atoms with Crippen molar-refractivity contribution in [2.45, 2.75) is 53.1 Å². The molecule has 0 spiro atoms. The van der Waals surface area contributed by atoms with Crippen LogP contribution < -0.4 is 15.4 Å². The molecule has 1 atom stereocenters. The van der Waals surface area contributed by atoms with Crippen LogP contribution in [0, 0.1) is 0 Å². The second-order valence-corrected chi connectivity index (χ2v) is 8.20. The van der Waals surface area contributed by atoms with Crippen LogP contribution in [0.4, 0.5) is 0 Å². The Hall–Kier alpha value is -1.10. The van der Waals surface area contributed by atoms with Crippen LogP contribution in [0.3, 0.4) is 0 Å². The molecule has 0 amide bonds. The van der Waals surface area contributed by atoms with Crippen LogP contribution in [0.2, 0.25) is 0 Å². The number of nitrogens with zero attached hydrogens (tertiary/aromatic N) is 3. The lowest BCUT2D eigenvalue weighted by Gasteiger charge is -2.21. The molecule has 8 heteroatoms. The molecule has 0 heterocycles. The van der Waals surface area contributed by atoms with Gasteiger partial charge >= 0.3 is 0 Å². The summed E-state index contributed by atoms with van der Waals surface area (Å²) in [5.41, 5.74) is 1.14. The van der Waals surface area contributed by atoms with Crippen LogP contribution in [0.5, 0.6) is 5.75 Å². The average molecular weight is 578 g/mol. The van der Waals surface area contributed by atoms with E-state index in [0.29, 0.717) is 19.2 Å². The monoisotopic (exact) mass is 577 g/mol. The van der Waals surface area contributed by atoms with Gasteiger partial charge in [-0.3, -0.25) is 0 Å². The highest BCUT2D eigenvalue weighted by molar-refractivity contribution is 14.0. The third-order valence-corrected chi connectivity index (χ3v) is 5.47. The summed E-state index contributed by atoms with van der Waals surface area (Å²) < 4.78 is 11.0. The van der Waals surface area contributed by atoms with Crippen LogP contribution in [0.1, 0.15) is 46.1 Å². The maximum atomic E-state index is 5.93. The van der Waals surface area contributed by atoms with Crippen molar-refractivity contribution in [1.29, 1.82) is 0 Å². The van der Waals surface area contributed by atoms with E-state index in [4.69, 9.17) is 14.5 Å². The largest absolute Gasteiger partial charge is 0.492 e. The summed E-state index contributed by atoms with van der Waals surface area (Å²) in [6.45, 7) is 16.8. The van der Waals surface area contributed by atoms with Gasteiger partial charge in [0.2, 0.25) is 0 Å². The molecular formula is C25H48IN5O2. The highest BCUT2D eigenvalue weighted by Crippen LogP contribution is 2.14. The van der Waals surface area contributed by atoms with Gasteiger partial charge in [-0.25, -0.2) is 4.99 Å². The zero-order chi connectivity index (χ0) is 23.6. The highest BCUT2D eigenvalue weighted by Gasteiger charge is 2.07. The first-order valence-corrected chi connectivity index (χ1v) is 12.2. The lowest BCUT2D eigenvalue weighted by atomic mass is 10.2. The van der Waals surface area contributed by atoms with E-state index < -0.39 is 0 Å². The van der Waals surface area contributed by atoms with Gasteiger partial charge in [0, 0.05) is 32.8 Å². The number of likely N-dealkylation sites (N-methyl/N-ethyl adjacent to an activating group) is 1. The molecule has 0 fully saturated rings. The molecule has 192 valence electrons. The van der Waals surface area contributed by atoms with Gasteiger partial charge in [0.05, 0.1) is 13.2 Å². The van der Waals surface area contributed by atoms with Crippen molar-refractivity contribution in [2.75, 3.05) is 66.6 Å². The minimum absolute atomic E-state index is 0. The van der Waals surface area contributed by atoms with Crippen molar-refractivity contribution in [3.63, 3.8) is 0 Å². The Labute approximate surface area is 219 Å². The molecule has 7 nitrogen and oxygen atoms in total. The number of benzene rings is 1. The van der Waals surface area contributed by atoms with Gasteiger partial charge in [-0.2, -0.15) is 0 Å². The summed E-state index contributed by atoms with van der Waals surface area (Å²) in [4.78, 5) is 9.46. The number of nitrogens with one attached hydrogen (secondary N) is 2. The molecular weight excluding hydrogens is 529 g/mol. The lowest BCUT2D eigenvalue weighted by Crippen LogP contribution is -2.42. The molecule has 2 N–H and O–H groups in total. The zero-order valence-electron chi connectivity index (χ0n) is 21.7. The van der Waals surface area contributed by atoms with Crippen LogP contribution >= 0.6 is 24.0 Å². The minimum Gasteiger partial charge on any atom is -0.492 e. The molecule has 0 bridgehead atoms. The third kappa shape index (κ3) is 15.4. The standard InChI is InChI=1S/C25H47N5O2.HI/c1-7-26-25(28-22(4)12-11-15-30(8-2)9-3)27-21-23-13-10-14-24(20-23)32-19-17-29(5)16-18-31-6;/h10,13-14,20,22H,7-9,11-12,15-19,21H2,1-6H3,(H2,26,27,28);1H. The van der Waals surface area contributed by atoms with Crippen molar-refractivity contribution in [2.24, 2.45) is 4.99 Å². The third-order valence-electron chi connectivity index (χ3n) is 5.47. The predicted molar refractivity (Wildman–Crippen MR) is 151 cm³/mol. The van der Waals surface area contributed by atoms with Gasteiger partial charge in [-0.1, -0.05) is 26.0 Å². The number of hydrogen-bond donors (Lipinski definition) is 2. The summed E-state index contributed by atoms with van der Waals surface area (Å²) in [5.74, 6) is 1.76. The summed E-state index contributed by atoms with van der Waals surface area (Å²) >= 11 is 0. The fraction of sp³-hybridized carbons (Fsp3) is 0.720. The van der Waals surface area contributed by atoms with E-state index >= 15 is 0 Å². The smallest absolute Gasteiger partial charge is 0.191 e. The Morgan fingerprint density at radius 3 is 2.48 bits per heavy atom. The average Bonchev–Trinajstić information content (AvgIpc) is 2.79. The molecule has 1 rings (SSSR count). The lowest BCUT2D eigenvalue weighted by molar-refractivity contribution is 0.150. The fourth-order valence-corrected chi connectivity index (χ4v) is 3.37. The van der Waals surface area contributed by atoms with Crippen molar-refractivity contribution in [3.05, 3.63) is 29.8 Å². The van der Waals surface area contributed by atoms with E-state index in [1.54, 1.807) is 7.11 Å². The van der Waals surface area contributed by atoms with Crippen LogP contribution in [-0.2, 0) is 11.3 Å². The number of hydrogen-bond acceptors (Lipinski definition) is 5. The molecule has 0 saturated heterocycles. The molecule has 0 aromatic heterocycles. The first-order chi connectivity index (χ1) is 15.5. The van der Waals surface area contributed by atoms with Gasteiger partial charge in [0.15, 0.2) is 5.96 Å². The van der Waals surface area contributed by atoms with E-state index in [2.05, 4.69) is 67.3 Å². The normalized spacial score (nSPS) is 12.5. The van der Waals surface area contributed by atoms with E-state index in [-0.39, 0.29) is 24.0 Å². The maximum absolute atomic E-state index is 5.93. The maximum Gasteiger partial charge on any atom is 0.191 e. The van der Waals surface area contributed by atoms with Crippen LogP contribution in [0.25, 0.3) is 0 Å². The number of guanidine groups is 1. The molecule has 1 unspecified atom stereocenters. The zero-order valence-corrected chi connectivity index (χ0v) is 24.1. The van der Waals surface area contributed by atoms with E-state index in [1.807, 2.05) is 12.1 Å². The Balaban J connectivity index is 0.0000102. The van der Waals surface area contributed by atoms with E-state index in [0.717, 1.165) is 69.6 Å². The van der Waals surface area contributed by atoms with Crippen LogP contribution in [0.15, 0.2) is 29.3 Å². The summed E-state index contributed by atoms with van der Waals surface area (Å²) in [6.07, 6.45) is 2.32. The van der Waals surface area contributed by atoms with Gasteiger partial charge in [0.1, 0.15) is 12.4 Å². The second-order valence-electron chi connectivity index (χ2n) is 8.20. The molecule has 0 aliphatic rings. The Kier molecular flexibility index (Phi) is 19.6. The molecule has 0 radical (unpaired) electrons. The SMILES string of the molecule is CCNC(=NCc1cccc(OCCN(C)CCOC)c1)NC(C)CCCN(CC)CC.I. The molecule has 33 heavy (non-hydrogen) atoms. The Morgan fingerprint density at radius 1 is 1.09 bits per heavy atom. The second kappa shape index (κ2) is 20.3. The first-order valence-electron chi connectivity index (χ1n) is 12.2. The molecule has 0 aliphatic heterocycles. The van der Waals surface area contributed by atoms with Gasteiger partial charge in [0.25, 0.3) is 0 Å². The first kappa shape index (κ1) is 31.9. The number of aliphatic imine (C=N–C) groups is 1. The number of rotatable bonds is 17. The number of ether oxygens (including phenoxy) is 2. The molecule has 1 aromatic rings. The van der Waals surface area contributed by atoms with Crippen molar-refractivity contribution in [1.82, 2.24) is 20.4 Å². The molecule has 1 aromatic carbocycles. The summed E-state index contributed by atoms with van der Waals surface area (Å²) in [5, 5.41) is 6.91. The summed E-state index contributed by atoms with van der Waals surface area (Å²) in [6, 6.07) is 8.59. The Morgan fingerprint density at radius 2 is 1.82 bits per heavy atom. The predicted octanol–water partition coefficient (Wildman–Crippen LogP) is 3.83. The minimum atomic E-state index is 0.